The number of nitrogens with zero attached hydrogens (tertiary/aromatic N) is 7. The van der Waals surface area contributed by atoms with E-state index in [1.165, 1.54) is 23.0 Å². The molecular weight excluding hydrogens is 659 g/mol. The number of hydrogen-bond acceptors (Lipinski definition) is 5. The Labute approximate surface area is 295 Å². The molecule has 5 rings (SSSR count). The Morgan fingerprint density at radius 1 is 1.02 bits per heavy atom. The van der Waals surface area contributed by atoms with Gasteiger partial charge in [-0.25, -0.2) is 14.0 Å². The van der Waals surface area contributed by atoms with E-state index in [1.807, 2.05) is 11.9 Å². The lowest BCUT2D eigenvalue weighted by molar-refractivity contribution is -0.869. The normalized spacial score (nSPS) is 16.5. The van der Waals surface area contributed by atoms with Crippen molar-refractivity contribution in [1.82, 2.24) is 23.8 Å². The van der Waals surface area contributed by atoms with Gasteiger partial charge in [0.2, 0.25) is 11.8 Å². The van der Waals surface area contributed by atoms with Gasteiger partial charge in [0, 0.05) is 19.4 Å². The fourth-order valence-electron chi connectivity index (χ4n) is 6.85. The molecule has 13 heteroatoms. The molecule has 4 aromatic rings. The van der Waals surface area contributed by atoms with Crippen molar-refractivity contribution < 1.29 is 27.2 Å². The van der Waals surface area contributed by atoms with Gasteiger partial charge in [-0.15, -0.1) is 0 Å². The molecule has 1 saturated carbocycles. The SMILES string of the molecule is Cc1c(-c2ccnn2-c2ccc(C#N)cc2)n(C(=O)CCCC2CCC(C(=O)N(C)CC[N+](C)(C)C)CC2)c(=O)n1-c1cccc(C(F)(F)F)c1. The molecule has 51 heavy (non-hydrogen) atoms. The molecule has 0 aliphatic heterocycles. The number of aromatic nitrogens is 4. The first-order valence-electron chi connectivity index (χ1n) is 17.2. The standard InChI is InChI=1S/C38H45F3N7O3/c1-26-35(33-20-21-43-47(33)31-18-14-28(25-42)15-19-31)46(37(51)45(26)32-10-7-9-30(24-32)38(39,40)41)34(49)11-6-8-27-12-16-29(17-13-27)36(50)44(2)22-23-48(3,4)5/h7,9-10,14-15,18-21,24,27,29H,6,8,11-13,16-17,22-23H2,1-5H3/q+1. The summed E-state index contributed by atoms with van der Waals surface area (Å²) in [5.74, 6) is 0.0638. The number of rotatable bonds is 11. The number of alkyl halides is 3. The quantitative estimate of drug-likeness (QED) is 0.167. The summed E-state index contributed by atoms with van der Waals surface area (Å²) in [6.45, 7) is 3.17. The van der Waals surface area contributed by atoms with Gasteiger partial charge < -0.3 is 9.38 Å². The highest BCUT2D eigenvalue weighted by Gasteiger charge is 2.33. The third-order valence-corrected chi connectivity index (χ3v) is 9.77. The monoisotopic (exact) mass is 704 g/mol. The minimum Gasteiger partial charge on any atom is -0.340 e. The van der Waals surface area contributed by atoms with Crippen LogP contribution in [-0.2, 0) is 11.0 Å². The van der Waals surface area contributed by atoms with E-state index in [4.69, 9.17) is 0 Å². The van der Waals surface area contributed by atoms with Crippen LogP contribution in [0.15, 0.2) is 65.6 Å². The second-order valence-corrected chi connectivity index (χ2v) is 14.5. The van der Waals surface area contributed by atoms with Crippen LogP contribution in [0.2, 0.25) is 0 Å². The lowest BCUT2D eigenvalue weighted by Crippen LogP contribution is -2.44. The molecule has 1 amide bonds. The Hall–Kier alpha value is -4.96. The molecule has 2 aromatic heterocycles. The summed E-state index contributed by atoms with van der Waals surface area (Å²) >= 11 is 0. The predicted molar refractivity (Wildman–Crippen MR) is 188 cm³/mol. The number of benzene rings is 2. The third-order valence-electron chi connectivity index (χ3n) is 9.77. The summed E-state index contributed by atoms with van der Waals surface area (Å²) in [7, 11) is 8.17. The average molecular weight is 705 g/mol. The van der Waals surface area contributed by atoms with E-state index in [1.54, 1.807) is 37.3 Å². The van der Waals surface area contributed by atoms with Gasteiger partial charge in [-0.3, -0.25) is 14.2 Å². The highest BCUT2D eigenvalue weighted by Crippen LogP contribution is 2.34. The molecule has 0 spiro atoms. The van der Waals surface area contributed by atoms with Gasteiger partial charge >= 0.3 is 11.9 Å². The molecule has 270 valence electrons. The molecule has 0 N–H and O–H groups in total. The average Bonchev–Trinajstić information content (AvgIpc) is 3.68. The lowest BCUT2D eigenvalue weighted by atomic mass is 9.79. The van der Waals surface area contributed by atoms with Crippen LogP contribution < -0.4 is 5.69 Å². The molecule has 1 aliphatic carbocycles. The zero-order valence-corrected chi connectivity index (χ0v) is 29.8. The number of halogens is 3. The summed E-state index contributed by atoms with van der Waals surface area (Å²) in [6, 6.07) is 14.8. The summed E-state index contributed by atoms with van der Waals surface area (Å²) in [5, 5.41) is 13.7. The topological polar surface area (TPSA) is 106 Å². The Morgan fingerprint density at radius 3 is 2.33 bits per heavy atom. The summed E-state index contributed by atoms with van der Waals surface area (Å²) in [6.07, 6.45) is 1.57. The zero-order valence-electron chi connectivity index (χ0n) is 29.8. The fourth-order valence-corrected chi connectivity index (χ4v) is 6.85. The maximum Gasteiger partial charge on any atom is 0.416 e. The van der Waals surface area contributed by atoms with Crippen LogP contribution in [0.4, 0.5) is 13.2 Å². The predicted octanol–water partition coefficient (Wildman–Crippen LogP) is 6.47. The number of likely N-dealkylation sites (N-methyl/N-ethyl adjacent to an activating group) is 2. The number of carbonyl (C=O) groups is 2. The molecule has 0 radical (unpaired) electrons. The van der Waals surface area contributed by atoms with Gasteiger partial charge in [0.25, 0.3) is 0 Å². The molecule has 2 aromatic carbocycles. The van der Waals surface area contributed by atoms with E-state index in [0.717, 1.165) is 64.4 Å². The van der Waals surface area contributed by atoms with E-state index in [-0.39, 0.29) is 35.3 Å². The van der Waals surface area contributed by atoms with E-state index < -0.39 is 23.3 Å². The Morgan fingerprint density at radius 2 is 1.71 bits per heavy atom. The smallest absolute Gasteiger partial charge is 0.340 e. The maximum absolute atomic E-state index is 14.1. The number of amides is 1. The van der Waals surface area contributed by atoms with Crippen molar-refractivity contribution in [1.29, 1.82) is 5.26 Å². The highest BCUT2D eigenvalue weighted by molar-refractivity contribution is 5.85. The Balaban J connectivity index is 1.37. The second-order valence-electron chi connectivity index (χ2n) is 14.5. The summed E-state index contributed by atoms with van der Waals surface area (Å²) < 4.78 is 45.5. The van der Waals surface area contributed by atoms with Crippen LogP contribution >= 0.6 is 0 Å². The summed E-state index contributed by atoms with van der Waals surface area (Å²) in [5.41, 5.74) is 0.196. The number of nitriles is 1. The van der Waals surface area contributed by atoms with Crippen molar-refractivity contribution in [2.45, 2.75) is 58.0 Å². The molecule has 0 unspecified atom stereocenters. The first kappa shape index (κ1) is 37.3. The number of hydrogen-bond donors (Lipinski definition) is 0. The molecule has 0 saturated heterocycles. The van der Waals surface area contributed by atoms with E-state index >= 15 is 0 Å². The first-order chi connectivity index (χ1) is 24.1. The van der Waals surface area contributed by atoms with Gasteiger partial charge in [-0.2, -0.15) is 23.5 Å². The minimum absolute atomic E-state index is 0.000954. The molecule has 0 bridgehead atoms. The van der Waals surface area contributed by atoms with Gasteiger partial charge in [-0.05, 0) is 99.9 Å². The second kappa shape index (κ2) is 15.1. The lowest BCUT2D eigenvalue weighted by Gasteiger charge is -2.32. The van der Waals surface area contributed by atoms with Crippen LogP contribution in [0.1, 0.15) is 66.6 Å². The molecule has 1 fully saturated rings. The van der Waals surface area contributed by atoms with Crippen LogP contribution in [0.25, 0.3) is 22.8 Å². The van der Waals surface area contributed by atoms with Gasteiger partial charge in [-0.1, -0.05) is 6.07 Å². The minimum atomic E-state index is -4.63. The van der Waals surface area contributed by atoms with Crippen LogP contribution in [-0.4, -0.2) is 81.4 Å². The number of imidazole rings is 1. The first-order valence-corrected chi connectivity index (χ1v) is 17.2. The van der Waals surface area contributed by atoms with Crippen LogP contribution in [0.5, 0.6) is 0 Å². The van der Waals surface area contributed by atoms with Crippen LogP contribution in [0.3, 0.4) is 0 Å². The van der Waals surface area contributed by atoms with E-state index in [9.17, 15) is 32.8 Å². The van der Waals surface area contributed by atoms with Gasteiger partial charge in [0.15, 0.2) is 0 Å². The molecular formula is C38H45F3N7O3+. The largest absolute Gasteiger partial charge is 0.416 e. The van der Waals surface area contributed by atoms with Crippen LogP contribution in [0, 0.1) is 30.1 Å². The van der Waals surface area contributed by atoms with Gasteiger partial charge in [0.1, 0.15) is 0 Å². The highest BCUT2D eigenvalue weighted by atomic mass is 19.4. The fraction of sp³-hybridized carbons (Fsp3) is 0.447. The molecule has 2 heterocycles. The van der Waals surface area contributed by atoms with Crippen molar-refractivity contribution in [3.05, 3.63) is 88.1 Å². The number of carbonyl (C=O) groups excluding carboxylic acids is 2. The Bertz CT molecular complexity index is 1970. The molecule has 0 atom stereocenters. The van der Waals surface area contributed by atoms with Gasteiger partial charge in [0.05, 0.1) is 86.1 Å². The van der Waals surface area contributed by atoms with E-state index in [2.05, 4.69) is 32.3 Å². The summed E-state index contributed by atoms with van der Waals surface area (Å²) in [4.78, 5) is 42.9. The van der Waals surface area contributed by atoms with Crippen molar-refractivity contribution >= 4 is 11.8 Å². The van der Waals surface area contributed by atoms with Crippen molar-refractivity contribution in [3.63, 3.8) is 0 Å². The third kappa shape index (κ3) is 8.51. The molecule has 1 aliphatic rings. The Kier molecular flexibility index (Phi) is 11.0. The maximum atomic E-state index is 14.1. The van der Waals surface area contributed by atoms with E-state index in [0.29, 0.717) is 35.8 Å². The number of quaternary nitrogens is 1. The zero-order chi connectivity index (χ0) is 37.1. The molecule has 10 nitrogen and oxygen atoms in total. The van der Waals surface area contributed by atoms with Crippen molar-refractivity contribution in [3.8, 4) is 28.8 Å². The van der Waals surface area contributed by atoms with Crippen molar-refractivity contribution in [2.75, 3.05) is 41.3 Å². The van der Waals surface area contributed by atoms with Crippen molar-refractivity contribution in [2.24, 2.45) is 11.8 Å².